The maximum atomic E-state index is 8.33. The van der Waals surface area contributed by atoms with Crippen molar-refractivity contribution in [3.8, 4) is 17.3 Å². The van der Waals surface area contributed by atoms with Gasteiger partial charge in [0.15, 0.2) is 0 Å². The van der Waals surface area contributed by atoms with Crippen molar-refractivity contribution in [2.75, 3.05) is 11.9 Å². The number of aromatic nitrogens is 2. The van der Waals surface area contributed by atoms with E-state index in [1.54, 1.807) is 4.90 Å². The molecule has 3 fully saturated rings. The van der Waals surface area contributed by atoms with Crippen LogP contribution in [0.2, 0.25) is 0 Å². The first-order chi connectivity index (χ1) is 22.7. The van der Waals surface area contributed by atoms with Gasteiger partial charge >= 0.3 is 0 Å². The summed E-state index contributed by atoms with van der Waals surface area (Å²) in [5.41, 5.74) is 4.93. The quantitative estimate of drug-likeness (QED) is 0.170. The summed E-state index contributed by atoms with van der Waals surface area (Å²) in [6, 6.07) is 28.2. The van der Waals surface area contributed by atoms with Gasteiger partial charge in [-0.25, -0.2) is 4.98 Å². The van der Waals surface area contributed by atoms with Crippen molar-refractivity contribution in [3.05, 3.63) is 96.8 Å². The molecule has 242 valence electrons. The van der Waals surface area contributed by atoms with Gasteiger partial charge in [0, 0.05) is 60.5 Å². The number of fused-ring (bicyclic) bond motifs is 8. The summed E-state index contributed by atoms with van der Waals surface area (Å²) in [7, 11) is 0. The Bertz CT molecular complexity index is 2040. The number of hydrogen-bond donors (Lipinski definition) is 0. The maximum Gasteiger partial charge on any atom is 0.135 e. The molecule has 6 heteroatoms. The first kappa shape index (κ1) is 27.9. The molecule has 46 heavy (non-hydrogen) atoms. The average Bonchev–Trinajstić information content (AvgIpc) is 3.80. The van der Waals surface area contributed by atoms with Crippen LogP contribution in [0.25, 0.3) is 27.6 Å². The number of nitrogens with zero attached hydrogens (tertiary/aromatic N) is 4. The van der Waals surface area contributed by atoms with Gasteiger partial charge in [0.25, 0.3) is 0 Å². The number of ether oxygens (including phenoxy) is 1. The summed E-state index contributed by atoms with van der Waals surface area (Å²) in [6.07, 6.45) is 5.22. The van der Waals surface area contributed by atoms with E-state index in [1.807, 2.05) is 18.9 Å². The first-order valence-electron chi connectivity index (χ1n) is 17.8. The fourth-order valence-corrected chi connectivity index (χ4v) is 7.98. The Morgan fingerprint density at radius 2 is 1.61 bits per heavy atom. The van der Waals surface area contributed by atoms with Gasteiger partial charge < -0.3 is 19.1 Å². The van der Waals surface area contributed by atoms with Crippen LogP contribution in [0, 0.1) is 30.6 Å². The van der Waals surface area contributed by atoms with E-state index in [4.69, 9.17) is 13.8 Å². The maximum absolute atomic E-state index is 8.33. The molecule has 2 aromatic heterocycles. The summed E-state index contributed by atoms with van der Waals surface area (Å²) < 4.78 is 33.8. The number of likely N-dealkylation sites (N-methyl/N-ethyl adjacent to an activating group) is 1. The predicted molar refractivity (Wildman–Crippen MR) is 183 cm³/mol. The second-order valence-corrected chi connectivity index (χ2v) is 15.3. The van der Waals surface area contributed by atoms with Gasteiger partial charge in [-0.3, -0.25) is 0 Å². The zero-order valence-electron chi connectivity index (χ0n) is 30.4. The molecule has 2 saturated carbocycles. The van der Waals surface area contributed by atoms with Gasteiger partial charge in [0.1, 0.15) is 5.82 Å². The van der Waals surface area contributed by atoms with Crippen LogP contribution in [0.3, 0.4) is 0 Å². The Kier molecular flexibility index (Phi) is 6.82. The number of para-hydroxylation sites is 1. The smallest absolute Gasteiger partial charge is 0.135 e. The zero-order chi connectivity index (χ0) is 33.7. The molecule has 0 radical (unpaired) electrons. The number of anilines is 1. The molecule has 2 bridgehead atoms. The van der Waals surface area contributed by atoms with Crippen molar-refractivity contribution < 1.29 is 29.9 Å². The van der Waals surface area contributed by atoms with Crippen LogP contribution >= 0.6 is 0 Å². The van der Waals surface area contributed by atoms with E-state index in [0.29, 0.717) is 23.3 Å². The van der Waals surface area contributed by atoms with Crippen LogP contribution in [0.4, 0.5) is 5.69 Å². The molecule has 0 N–H and O–H groups in total. The molecule has 5 aromatic rings. The molecule has 2 unspecified atom stereocenters. The van der Waals surface area contributed by atoms with Crippen molar-refractivity contribution >= 4 is 27.5 Å². The SMILES string of the molecule is [2H]C([2H])([2H])N1[CH-]N(c2[c-]c(Oc3[c-]c4c(cc3)c3ccccc3n4-c3cc(C(C)(C)C)ccn3)cc(C(C)(C)C)c2)[C@@H]2C1C1CC[C@@H]2C1.[Pt]. The minimum absolute atomic E-state index is 0. The summed E-state index contributed by atoms with van der Waals surface area (Å²) in [5.74, 6) is 2.90. The number of hydrogen-bond acceptors (Lipinski definition) is 4. The van der Waals surface area contributed by atoms with E-state index in [-0.39, 0.29) is 44.0 Å². The molecule has 2 aliphatic carbocycles. The molecule has 0 spiro atoms. The molecule has 5 nitrogen and oxygen atoms in total. The van der Waals surface area contributed by atoms with Crippen molar-refractivity contribution in [2.45, 2.75) is 83.7 Å². The van der Waals surface area contributed by atoms with E-state index in [1.165, 1.54) is 5.56 Å². The molecular weight excluding hydrogens is 748 g/mol. The van der Waals surface area contributed by atoms with Crippen LogP contribution in [0.5, 0.6) is 11.5 Å². The largest absolute Gasteiger partial charge is 0.525 e. The average molecular weight is 794 g/mol. The summed E-state index contributed by atoms with van der Waals surface area (Å²) in [5, 5.41) is 2.21. The van der Waals surface area contributed by atoms with Crippen molar-refractivity contribution in [2.24, 2.45) is 11.8 Å². The third-order valence-corrected chi connectivity index (χ3v) is 10.3. The number of rotatable bonds is 4. The minimum atomic E-state index is -2.19. The minimum Gasteiger partial charge on any atom is -0.525 e. The molecule has 1 aliphatic heterocycles. The molecule has 0 amide bonds. The summed E-state index contributed by atoms with van der Waals surface area (Å²) in [4.78, 5) is 8.64. The zero-order valence-corrected chi connectivity index (χ0v) is 29.6. The number of pyridine rings is 1. The van der Waals surface area contributed by atoms with Gasteiger partial charge in [-0.15, -0.1) is 47.0 Å². The Morgan fingerprint density at radius 3 is 2.37 bits per heavy atom. The van der Waals surface area contributed by atoms with Crippen LogP contribution in [-0.4, -0.2) is 33.5 Å². The third-order valence-electron chi connectivity index (χ3n) is 10.3. The molecule has 8 rings (SSSR count). The van der Waals surface area contributed by atoms with Crippen molar-refractivity contribution in [1.82, 2.24) is 14.5 Å². The van der Waals surface area contributed by atoms with Crippen molar-refractivity contribution in [1.29, 1.82) is 0 Å². The monoisotopic (exact) mass is 793 g/mol. The fraction of sp³-hybridized carbons (Fsp3) is 0.400. The van der Waals surface area contributed by atoms with E-state index in [9.17, 15) is 0 Å². The Hall–Kier alpha value is -3.14. The normalized spacial score (nSPS) is 24.1. The summed E-state index contributed by atoms with van der Waals surface area (Å²) in [6.45, 7) is 12.9. The van der Waals surface area contributed by atoms with E-state index in [0.717, 1.165) is 58.1 Å². The Balaban J connectivity index is 0.00000378. The van der Waals surface area contributed by atoms with Crippen LogP contribution in [-0.2, 0) is 31.9 Å². The first-order valence-corrected chi connectivity index (χ1v) is 16.3. The Labute approximate surface area is 292 Å². The molecule has 3 heterocycles. The summed E-state index contributed by atoms with van der Waals surface area (Å²) >= 11 is 0. The van der Waals surface area contributed by atoms with Gasteiger partial charge in [-0.1, -0.05) is 65.3 Å². The molecule has 1 saturated heterocycles. The second-order valence-electron chi connectivity index (χ2n) is 15.3. The molecule has 3 aliphatic rings. The van der Waals surface area contributed by atoms with Crippen molar-refractivity contribution in [3.63, 3.8) is 0 Å². The topological polar surface area (TPSA) is 33.5 Å². The number of benzene rings is 3. The van der Waals surface area contributed by atoms with E-state index < -0.39 is 6.98 Å². The second kappa shape index (κ2) is 11.2. The van der Waals surface area contributed by atoms with E-state index in [2.05, 4.69) is 118 Å². The fourth-order valence-electron chi connectivity index (χ4n) is 7.98. The standard InChI is InChI=1S/C40H43N4O.Pt/c1-39(2,3)27-16-17-41-36(21-27)44-34-11-9-8-10-32(34)33-15-14-30(23-35(33)44)45-31-20-28(40(4,5)6)19-29(22-31)43-24-42(7)37-25-12-13-26(18-25)38(37)43;/h8-11,14-17,19-21,24-26,37-38H,12-13,18H2,1-7H3;/q-3;/t25?,26-,37?,38+;/m1./s1/i7D3;. The third kappa shape index (κ3) is 5.19. The molecule has 4 atom stereocenters. The molecular formula is C40H43N4OPt-3. The van der Waals surface area contributed by atoms with Crippen LogP contribution < -0.4 is 9.64 Å². The van der Waals surface area contributed by atoms with Gasteiger partial charge in [0.05, 0.1) is 0 Å². The van der Waals surface area contributed by atoms with Gasteiger partial charge in [0.2, 0.25) is 0 Å². The van der Waals surface area contributed by atoms with E-state index >= 15 is 0 Å². The van der Waals surface area contributed by atoms with Gasteiger partial charge in [-0.2, -0.15) is 12.7 Å². The predicted octanol–water partition coefficient (Wildman–Crippen LogP) is 9.20. The van der Waals surface area contributed by atoms with Gasteiger partial charge in [-0.05, 0) is 78.1 Å². The van der Waals surface area contributed by atoms with Crippen LogP contribution in [0.15, 0.2) is 66.9 Å². The molecule has 3 aromatic carbocycles. The Morgan fingerprint density at radius 1 is 0.848 bits per heavy atom. The van der Waals surface area contributed by atoms with Crippen LogP contribution in [0.1, 0.15) is 76.0 Å².